The minimum absolute atomic E-state index is 0.0752. The second-order valence-corrected chi connectivity index (χ2v) is 8.23. The smallest absolute Gasteiger partial charge is 0.344 e. The Morgan fingerprint density at radius 3 is 2.24 bits per heavy atom. The molecule has 3 N–H and O–H groups in total. The zero-order valence-electron chi connectivity index (χ0n) is 16.4. The second kappa shape index (κ2) is 9.53. The topological polar surface area (TPSA) is 125 Å². The van der Waals surface area contributed by atoms with Crippen LogP contribution in [0.15, 0.2) is 53.4 Å². The van der Waals surface area contributed by atoms with Crippen LogP contribution in [-0.2, 0) is 24.3 Å². The van der Waals surface area contributed by atoms with E-state index >= 15 is 0 Å². The van der Waals surface area contributed by atoms with Crippen LogP contribution >= 0.6 is 0 Å². The third-order valence-electron chi connectivity index (χ3n) is 4.01. The SMILES string of the molecule is CC(C)c1ccccc1OCC(=O)O[C@H](C)C(=O)Nc1ccc(S(N)(=O)=O)cc1. The average Bonchev–Trinajstić information content (AvgIpc) is 2.66. The van der Waals surface area contributed by atoms with Crippen molar-refractivity contribution in [3.63, 3.8) is 0 Å². The van der Waals surface area contributed by atoms with Gasteiger partial charge < -0.3 is 14.8 Å². The minimum atomic E-state index is -3.81. The van der Waals surface area contributed by atoms with E-state index in [9.17, 15) is 18.0 Å². The van der Waals surface area contributed by atoms with Gasteiger partial charge in [0, 0.05) is 5.69 Å². The zero-order valence-corrected chi connectivity index (χ0v) is 17.2. The maximum Gasteiger partial charge on any atom is 0.344 e. The lowest BCUT2D eigenvalue weighted by molar-refractivity contribution is -0.155. The summed E-state index contributed by atoms with van der Waals surface area (Å²) in [5, 5.41) is 7.55. The first-order chi connectivity index (χ1) is 13.6. The molecule has 0 aromatic heterocycles. The van der Waals surface area contributed by atoms with Gasteiger partial charge in [0.15, 0.2) is 12.7 Å². The molecule has 0 spiro atoms. The number of hydrogen-bond donors (Lipinski definition) is 2. The first-order valence-corrected chi connectivity index (χ1v) is 10.5. The van der Waals surface area contributed by atoms with Crippen molar-refractivity contribution in [1.82, 2.24) is 0 Å². The van der Waals surface area contributed by atoms with E-state index in [2.05, 4.69) is 5.32 Å². The second-order valence-electron chi connectivity index (χ2n) is 6.67. The van der Waals surface area contributed by atoms with Gasteiger partial charge in [0.25, 0.3) is 5.91 Å². The van der Waals surface area contributed by atoms with Crippen LogP contribution in [0.25, 0.3) is 0 Å². The number of carbonyl (C=O) groups excluding carboxylic acids is 2. The molecule has 1 atom stereocenters. The Morgan fingerprint density at radius 2 is 1.66 bits per heavy atom. The number of amides is 1. The molecule has 0 aliphatic heterocycles. The van der Waals surface area contributed by atoms with E-state index in [1.165, 1.54) is 31.2 Å². The van der Waals surface area contributed by atoms with E-state index < -0.39 is 28.0 Å². The summed E-state index contributed by atoms with van der Waals surface area (Å²) in [4.78, 5) is 24.1. The highest BCUT2D eigenvalue weighted by Crippen LogP contribution is 2.25. The summed E-state index contributed by atoms with van der Waals surface area (Å²) >= 11 is 0. The molecule has 2 aromatic rings. The Hall–Kier alpha value is -2.91. The summed E-state index contributed by atoms with van der Waals surface area (Å²) in [6, 6.07) is 12.7. The molecular formula is C20H24N2O6S. The van der Waals surface area contributed by atoms with E-state index in [1.54, 1.807) is 6.07 Å². The molecule has 9 heteroatoms. The normalized spacial score (nSPS) is 12.3. The lowest BCUT2D eigenvalue weighted by Crippen LogP contribution is -2.31. The van der Waals surface area contributed by atoms with Gasteiger partial charge in [0.05, 0.1) is 4.90 Å². The van der Waals surface area contributed by atoms with Gasteiger partial charge in [-0.2, -0.15) is 0 Å². The van der Waals surface area contributed by atoms with Crippen LogP contribution in [0.2, 0.25) is 0 Å². The number of carbonyl (C=O) groups is 2. The quantitative estimate of drug-likeness (QED) is 0.632. The third kappa shape index (κ3) is 6.58. The van der Waals surface area contributed by atoms with Crippen LogP contribution in [0.1, 0.15) is 32.3 Å². The number of esters is 1. The number of nitrogens with two attached hydrogens (primary N) is 1. The molecule has 1 amide bonds. The molecule has 8 nitrogen and oxygen atoms in total. The number of primary sulfonamides is 1. The van der Waals surface area contributed by atoms with Gasteiger partial charge in [-0.15, -0.1) is 0 Å². The van der Waals surface area contributed by atoms with E-state index in [0.29, 0.717) is 11.4 Å². The van der Waals surface area contributed by atoms with Crippen molar-refractivity contribution in [2.75, 3.05) is 11.9 Å². The summed E-state index contributed by atoms with van der Waals surface area (Å²) < 4.78 is 33.1. The maximum absolute atomic E-state index is 12.2. The molecule has 0 saturated heterocycles. The highest BCUT2D eigenvalue weighted by Gasteiger charge is 2.19. The first-order valence-electron chi connectivity index (χ1n) is 8.93. The predicted octanol–water partition coefficient (Wildman–Crippen LogP) is 2.41. The van der Waals surface area contributed by atoms with Crippen LogP contribution in [0.3, 0.4) is 0 Å². The van der Waals surface area contributed by atoms with Gasteiger partial charge in [-0.3, -0.25) is 4.79 Å². The number of ether oxygens (including phenoxy) is 2. The number of nitrogens with one attached hydrogen (secondary N) is 1. The Labute approximate surface area is 170 Å². The van der Waals surface area contributed by atoms with Crippen LogP contribution < -0.4 is 15.2 Å². The lowest BCUT2D eigenvalue weighted by atomic mass is 10.0. The number of hydrogen-bond acceptors (Lipinski definition) is 6. The van der Waals surface area contributed by atoms with Crippen molar-refractivity contribution in [3.05, 3.63) is 54.1 Å². The lowest BCUT2D eigenvalue weighted by Gasteiger charge is -2.16. The summed E-state index contributed by atoms with van der Waals surface area (Å²) in [6.07, 6.45) is -1.07. The molecule has 0 fully saturated rings. The van der Waals surface area contributed by atoms with Crippen molar-refractivity contribution in [3.8, 4) is 5.75 Å². The minimum Gasteiger partial charge on any atom is -0.482 e. The van der Waals surface area contributed by atoms with E-state index in [4.69, 9.17) is 14.6 Å². The standard InChI is InChI=1S/C20H24N2O6S/c1-13(2)17-6-4-5-7-18(17)27-12-19(23)28-14(3)20(24)22-15-8-10-16(11-9-15)29(21,25)26/h4-11,13-14H,12H2,1-3H3,(H,22,24)(H2,21,25,26)/t14-/m1/s1. The number of sulfonamides is 1. The van der Waals surface area contributed by atoms with Crippen molar-refractivity contribution in [2.24, 2.45) is 5.14 Å². The molecule has 0 unspecified atom stereocenters. The largest absolute Gasteiger partial charge is 0.482 e. The summed E-state index contributed by atoms with van der Waals surface area (Å²) in [5.74, 6) is -0.431. The van der Waals surface area contributed by atoms with E-state index in [-0.39, 0.29) is 17.4 Å². The monoisotopic (exact) mass is 420 g/mol. The van der Waals surface area contributed by atoms with Crippen molar-refractivity contribution in [2.45, 2.75) is 37.7 Å². The Morgan fingerprint density at radius 1 is 1.03 bits per heavy atom. The molecule has 0 saturated carbocycles. The highest BCUT2D eigenvalue weighted by atomic mass is 32.2. The molecule has 0 radical (unpaired) electrons. The fraction of sp³-hybridized carbons (Fsp3) is 0.300. The molecule has 2 aromatic carbocycles. The van der Waals surface area contributed by atoms with Gasteiger partial charge in [-0.1, -0.05) is 32.0 Å². The van der Waals surface area contributed by atoms with Crippen molar-refractivity contribution < 1.29 is 27.5 Å². The number of para-hydroxylation sites is 1. The summed E-state index contributed by atoms with van der Waals surface area (Å²) in [5.41, 5.74) is 1.31. The molecule has 2 rings (SSSR count). The molecule has 0 heterocycles. The predicted molar refractivity (Wildman–Crippen MR) is 108 cm³/mol. The Bertz CT molecular complexity index is 971. The summed E-state index contributed by atoms with van der Waals surface area (Å²) in [7, 11) is -3.81. The summed E-state index contributed by atoms with van der Waals surface area (Å²) in [6.45, 7) is 5.13. The number of benzene rings is 2. The molecule has 156 valence electrons. The highest BCUT2D eigenvalue weighted by molar-refractivity contribution is 7.89. The zero-order chi connectivity index (χ0) is 21.6. The first kappa shape index (κ1) is 22.4. The number of anilines is 1. The van der Waals surface area contributed by atoms with E-state index in [1.807, 2.05) is 32.0 Å². The van der Waals surface area contributed by atoms with Crippen LogP contribution in [-0.4, -0.2) is 33.0 Å². The molecule has 0 aliphatic carbocycles. The van der Waals surface area contributed by atoms with E-state index in [0.717, 1.165) is 5.56 Å². The molecule has 0 aliphatic rings. The Kier molecular flexibility index (Phi) is 7.35. The molecule has 0 bridgehead atoms. The van der Waals surface area contributed by atoms with Gasteiger partial charge in [-0.25, -0.2) is 18.4 Å². The fourth-order valence-electron chi connectivity index (χ4n) is 2.48. The van der Waals surface area contributed by atoms with Gasteiger partial charge in [-0.05, 0) is 48.7 Å². The maximum atomic E-state index is 12.2. The van der Waals surface area contributed by atoms with Crippen LogP contribution in [0.5, 0.6) is 5.75 Å². The van der Waals surface area contributed by atoms with Gasteiger partial charge in [0.2, 0.25) is 10.0 Å². The van der Waals surface area contributed by atoms with Crippen LogP contribution in [0.4, 0.5) is 5.69 Å². The molecular weight excluding hydrogens is 396 g/mol. The average molecular weight is 420 g/mol. The van der Waals surface area contributed by atoms with Crippen LogP contribution in [0, 0.1) is 0 Å². The fourth-order valence-corrected chi connectivity index (χ4v) is 3.00. The molecule has 29 heavy (non-hydrogen) atoms. The third-order valence-corrected chi connectivity index (χ3v) is 4.94. The van der Waals surface area contributed by atoms with Crippen molar-refractivity contribution in [1.29, 1.82) is 0 Å². The Balaban J connectivity index is 1.88. The van der Waals surface area contributed by atoms with Gasteiger partial charge >= 0.3 is 5.97 Å². The van der Waals surface area contributed by atoms with Gasteiger partial charge in [0.1, 0.15) is 5.75 Å². The number of rotatable bonds is 8. The van der Waals surface area contributed by atoms with Crippen molar-refractivity contribution >= 4 is 27.6 Å².